The van der Waals surface area contributed by atoms with Crippen LogP contribution in [0.3, 0.4) is 0 Å². The van der Waals surface area contributed by atoms with Gasteiger partial charge in [-0.15, -0.1) is 0 Å². The Morgan fingerprint density at radius 3 is 2.81 bits per heavy atom. The number of thiol groups is 1. The van der Waals surface area contributed by atoms with E-state index in [1.54, 1.807) is 6.92 Å². The fourth-order valence-corrected chi connectivity index (χ4v) is 1.58. The van der Waals surface area contributed by atoms with Crippen LogP contribution in [0.4, 0.5) is 0 Å². The summed E-state index contributed by atoms with van der Waals surface area (Å²) in [5.41, 5.74) is 2.19. The topological polar surface area (TPSA) is 46.9 Å². The smallest absolute Gasteiger partial charge is 0.232 e. The van der Waals surface area contributed by atoms with E-state index in [1.807, 2.05) is 24.6 Å². The second-order valence-corrected chi connectivity index (χ2v) is 4.75. The summed E-state index contributed by atoms with van der Waals surface area (Å²) in [7, 11) is 0. The lowest BCUT2D eigenvalue weighted by molar-refractivity contribution is -0.120. The predicted molar refractivity (Wildman–Crippen MR) is 67.8 cm³/mol. The summed E-state index contributed by atoms with van der Waals surface area (Å²) in [6, 6.07) is 2.05. The molecule has 1 amide bonds. The molecule has 0 aliphatic rings. The van der Waals surface area contributed by atoms with Gasteiger partial charge in [-0.05, 0) is 33.3 Å². The van der Waals surface area contributed by atoms with Crippen molar-refractivity contribution < 1.29 is 4.79 Å². The molecule has 0 aliphatic heterocycles. The van der Waals surface area contributed by atoms with Crippen molar-refractivity contribution in [1.82, 2.24) is 15.1 Å². The molecule has 0 saturated heterocycles. The van der Waals surface area contributed by atoms with Crippen LogP contribution in [0.5, 0.6) is 0 Å². The van der Waals surface area contributed by atoms with Gasteiger partial charge in [0.25, 0.3) is 0 Å². The van der Waals surface area contributed by atoms with Gasteiger partial charge < -0.3 is 5.32 Å². The molecule has 1 aromatic heterocycles. The van der Waals surface area contributed by atoms with Crippen LogP contribution in [0.25, 0.3) is 0 Å². The zero-order valence-corrected chi connectivity index (χ0v) is 10.9. The van der Waals surface area contributed by atoms with Gasteiger partial charge >= 0.3 is 0 Å². The molecular formula is C11H19N3OS. The number of nitrogens with zero attached hydrogens (tertiary/aromatic N) is 2. The maximum absolute atomic E-state index is 11.2. The van der Waals surface area contributed by atoms with E-state index in [0.717, 1.165) is 24.4 Å². The van der Waals surface area contributed by atoms with Gasteiger partial charge in [0, 0.05) is 18.8 Å². The van der Waals surface area contributed by atoms with E-state index in [0.29, 0.717) is 6.54 Å². The summed E-state index contributed by atoms with van der Waals surface area (Å²) in [5, 5.41) is 6.93. The highest BCUT2D eigenvalue weighted by molar-refractivity contribution is 7.81. The molecule has 4 nitrogen and oxygen atoms in total. The van der Waals surface area contributed by atoms with E-state index in [2.05, 4.69) is 23.0 Å². The molecule has 1 aromatic rings. The Hall–Kier alpha value is -0.970. The number of rotatable bonds is 5. The van der Waals surface area contributed by atoms with Crippen molar-refractivity contribution in [1.29, 1.82) is 0 Å². The molecule has 1 unspecified atom stereocenters. The van der Waals surface area contributed by atoms with Crippen LogP contribution >= 0.6 is 12.6 Å². The molecule has 90 valence electrons. The molecular weight excluding hydrogens is 222 g/mol. The fraction of sp³-hybridized carbons (Fsp3) is 0.636. The maximum atomic E-state index is 11.2. The summed E-state index contributed by atoms with van der Waals surface area (Å²) in [6.45, 7) is 7.28. The summed E-state index contributed by atoms with van der Waals surface area (Å²) < 4.78 is 1.96. The monoisotopic (exact) mass is 241 g/mol. The van der Waals surface area contributed by atoms with Gasteiger partial charge in [0.1, 0.15) is 0 Å². The average Bonchev–Trinajstić information content (AvgIpc) is 2.51. The van der Waals surface area contributed by atoms with Crippen LogP contribution in [0, 0.1) is 13.8 Å². The Morgan fingerprint density at radius 1 is 1.62 bits per heavy atom. The molecule has 0 spiro atoms. The van der Waals surface area contributed by atoms with Crippen LogP contribution in [0.2, 0.25) is 0 Å². The Morgan fingerprint density at radius 2 is 2.31 bits per heavy atom. The van der Waals surface area contributed by atoms with Gasteiger partial charge in [0.05, 0.1) is 10.9 Å². The number of hydrogen-bond acceptors (Lipinski definition) is 3. The second-order valence-electron chi connectivity index (χ2n) is 3.97. The number of nitrogens with one attached hydrogen (secondary N) is 1. The summed E-state index contributed by atoms with van der Waals surface area (Å²) >= 11 is 4.06. The molecule has 0 radical (unpaired) electrons. The lowest BCUT2D eigenvalue weighted by Crippen LogP contribution is -2.31. The average molecular weight is 241 g/mol. The highest BCUT2D eigenvalue weighted by Gasteiger charge is 2.06. The third kappa shape index (κ3) is 3.89. The molecule has 1 heterocycles. The molecule has 1 rings (SSSR count). The zero-order chi connectivity index (χ0) is 12.1. The van der Waals surface area contributed by atoms with Crippen molar-refractivity contribution in [2.45, 2.75) is 39.0 Å². The van der Waals surface area contributed by atoms with Crippen LogP contribution in [-0.2, 0) is 11.3 Å². The second kappa shape index (κ2) is 5.94. The first-order valence-corrected chi connectivity index (χ1v) is 5.99. The van der Waals surface area contributed by atoms with Gasteiger partial charge in [-0.25, -0.2) is 0 Å². The number of hydrogen-bond donors (Lipinski definition) is 2. The van der Waals surface area contributed by atoms with Crippen LogP contribution in [0.1, 0.15) is 24.7 Å². The normalized spacial score (nSPS) is 12.5. The minimum Gasteiger partial charge on any atom is -0.355 e. The third-order valence-corrected chi connectivity index (χ3v) is 2.56. The minimum absolute atomic E-state index is 0.0169. The molecule has 0 aromatic carbocycles. The van der Waals surface area contributed by atoms with E-state index in [-0.39, 0.29) is 11.2 Å². The summed E-state index contributed by atoms with van der Waals surface area (Å²) in [6.07, 6.45) is 0.883. The first kappa shape index (κ1) is 13.1. The highest BCUT2D eigenvalue weighted by atomic mass is 32.1. The molecule has 1 N–H and O–H groups in total. The lowest BCUT2D eigenvalue weighted by Gasteiger charge is -2.07. The largest absolute Gasteiger partial charge is 0.355 e. The van der Waals surface area contributed by atoms with Gasteiger partial charge in [-0.1, -0.05) is 0 Å². The molecule has 5 heteroatoms. The molecule has 0 aliphatic carbocycles. The van der Waals surface area contributed by atoms with Crippen molar-refractivity contribution in [2.24, 2.45) is 0 Å². The van der Waals surface area contributed by atoms with E-state index in [9.17, 15) is 4.79 Å². The molecule has 0 fully saturated rings. The van der Waals surface area contributed by atoms with Crippen molar-refractivity contribution >= 4 is 18.5 Å². The molecule has 0 bridgehead atoms. The number of carbonyl (C=O) groups is 1. The minimum atomic E-state index is -0.242. The number of aryl methyl sites for hydroxylation is 3. The Balaban J connectivity index is 2.26. The molecule has 0 saturated carbocycles. The quantitative estimate of drug-likeness (QED) is 0.603. The number of amides is 1. The van der Waals surface area contributed by atoms with Crippen LogP contribution in [0.15, 0.2) is 6.07 Å². The van der Waals surface area contributed by atoms with Gasteiger partial charge in [0.2, 0.25) is 5.91 Å². The Kier molecular flexibility index (Phi) is 4.86. The van der Waals surface area contributed by atoms with E-state index in [4.69, 9.17) is 0 Å². The summed E-state index contributed by atoms with van der Waals surface area (Å²) in [5.74, 6) is -0.0169. The third-order valence-electron chi connectivity index (χ3n) is 2.33. The van der Waals surface area contributed by atoms with E-state index in [1.165, 1.54) is 0 Å². The predicted octanol–water partition coefficient (Wildman–Crippen LogP) is 1.32. The molecule has 1 atom stereocenters. The lowest BCUT2D eigenvalue weighted by atomic mass is 10.3. The van der Waals surface area contributed by atoms with Crippen LogP contribution < -0.4 is 5.32 Å². The first-order valence-electron chi connectivity index (χ1n) is 5.47. The van der Waals surface area contributed by atoms with E-state index < -0.39 is 0 Å². The Bertz CT molecular complexity index is 360. The van der Waals surface area contributed by atoms with Gasteiger partial charge in [0.15, 0.2) is 0 Å². The standard InChI is InChI=1S/C11H19N3OS/c1-8-7-9(2)14(13-8)6-4-5-12-11(15)10(3)16/h7,10,16H,4-6H2,1-3H3,(H,12,15). The zero-order valence-electron chi connectivity index (χ0n) is 10.0. The summed E-state index contributed by atoms with van der Waals surface area (Å²) in [4.78, 5) is 11.2. The molecule has 16 heavy (non-hydrogen) atoms. The van der Waals surface area contributed by atoms with Gasteiger partial charge in [-0.2, -0.15) is 17.7 Å². The number of aromatic nitrogens is 2. The maximum Gasteiger partial charge on any atom is 0.232 e. The van der Waals surface area contributed by atoms with Gasteiger partial charge in [-0.3, -0.25) is 9.48 Å². The fourth-order valence-electron chi connectivity index (χ4n) is 1.49. The van der Waals surface area contributed by atoms with Crippen molar-refractivity contribution in [2.75, 3.05) is 6.54 Å². The highest BCUT2D eigenvalue weighted by Crippen LogP contribution is 2.02. The van der Waals surface area contributed by atoms with Crippen LogP contribution in [-0.4, -0.2) is 27.5 Å². The van der Waals surface area contributed by atoms with Crippen molar-refractivity contribution in [3.8, 4) is 0 Å². The Labute approximate surface area is 102 Å². The SMILES string of the molecule is Cc1cc(C)n(CCCNC(=O)C(C)S)n1. The van der Waals surface area contributed by atoms with E-state index >= 15 is 0 Å². The van der Waals surface area contributed by atoms with Crippen molar-refractivity contribution in [3.05, 3.63) is 17.5 Å². The van der Waals surface area contributed by atoms with Crippen molar-refractivity contribution in [3.63, 3.8) is 0 Å². The first-order chi connectivity index (χ1) is 7.50. The number of carbonyl (C=O) groups excluding carboxylic acids is 1.